The van der Waals surface area contributed by atoms with E-state index in [1.165, 1.54) is 17.5 Å². The molecule has 2 rings (SSSR count). The Hall–Kier alpha value is -1.88. The molecule has 0 fully saturated rings. The highest BCUT2D eigenvalue weighted by molar-refractivity contribution is 6.30. The Labute approximate surface area is 102 Å². The van der Waals surface area contributed by atoms with Gasteiger partial charge in [0.2, 0.25) is 5.91 Å². The summed E-state index contributed by atoms with van der Waals surface area (Å²) >= 11 is 5.81. The van der Waals surface area contributed by atoms with Gasteiger partial charge in [-0.2, -0.15) is 0 Å². The number of aromatic nitrogens is 2. The number of amides is 1. The van der Waals surface area contributed by atoms with Crippen LogP contribution in [-0.2, 0) is 4.79 Å². The summed E-state index contributed by atoms with van der Waals surface area (Å²) in [5.74, 6) is -0.311. The van der Waals surface area contributed by atoms with Gasteiger partial charge >= 0.3 is 0 Å². The van der Waals surface area contributed by atoms with Crippen molar-refractivity contribution < 1.29 is 4.79 Å². The van der Waals surface area contributed by atoms with Crippen molar-refractivity contribution in [2.24, 2.45) is 0 Å². The van der Waals surface area contributed by atoms with Gasteiger partial charge in [0.25, 0.3) is 5.56 Å². The fraction of sp³-hybridized carbons (Fsp3) is 0.182. The molecule has 2 aromatic heterocycles. The highest BCUT2D eigenvalue weighted by Gasteiger charge is 2.10. The average Bonchev–Trinajstić information content (AvgIpc) is 2.25. The molecule has 0 saturated heterocycles. The third-order valence-corrected chi connectivity index (χ3v) is 2.49. The minimum atomic E-state index is -0.342. The zero-order chi connectivity index (χ0) is 12.6. The summed E-state index contributed by atoms with van der Waals surface area (Å²) in [6.07, 6.45) is 1.47. The Morgan fingerprint density at radius 2 is 2.18 bits per heavy atom. The van der Waals surface area contributed by atoms with Crippen molar-refractivity contribution in [1.29, 1.82) is 0 Å². The number of nitrogens with zero attached hydrogens (tertiary/aromatic N) is 2. The molecule has 0 aliphatic carbocycles. The number of rotatable bonds is 1. The molecule has 17 heavy (non-hydrogen) atoms. The molecule has 0 aromatic carbocycles. The SMILES string of the molecule is CC(=O)Nc1c(C)nc2ccc(Cl)cn2c1=O. The molecule has 0 atom stereocenters. The fourth-order valence-corrected chi connectivity index (χ4v) is 1.70. The monoisotopic (exact) mass is 251 g/mol. The van der Waals surface area contributed by atoms with E-state index in [1.807, 2.05) is 0 Å². The Balaban J connectivity index is 2.78. The van der Waals surface area contributed by atoms with Crippen LogP contribution in [-0.4, -0.2) is 15.3 Å². The lowest BCUT2D eigenvalue weighted by Crippen LogP contribution is -2.23. The summed E-state index contributed by atoms with van der Waals surface area (Å²) in [5.41, 5.74) is 0.806. The summed E-state index contributed by atoms with van der Waals surface area (Å²) in [5, 5.41) is 2.90. The summed E-state index contributed by atoms with van der Waals surface area (Å²) in [4.78, 5) is 27.3. The van der Waals surface area contributed by atoms with Gasteiger partial charge in [-0.25, -0.2) is 4.98 Å². The molecule has 6 heteroatoms. The van der Waals surface area contributed by atoms with E-state index in [1.54, 1.807) is 19.1 Å². The second-order valence-electron chi connectivity index (χ2n) is 3.63. The summed E-state index contributed by atoms with van der Waals surface area (Å²) in [6, 6.07) is 3.30. The smallest absolute Gasteiger partial charge is 0.281 e. The minimum Gasteiger partial charge on any atom is -0.320 e. The van der Waals surface area contributed by atoms with Gasteiger partial charge in [-0.1, -0.05) is 11.6 Å². The number of hydrogen-bond donors (Lipinski definition) is 1. The van der Waals surface area contributed by atoms with Gasteiger partial charge in [0, 0.05) is 13.1 Å². The van der Waals surface area contributed by atoms with E-state index in [2.05, 4.69) is 10.3 Å². The van der Waals surface area contributed by atoms with Crippen LogP contribution in [0.1, 0.15) is 12.6 Å². The molecule has 0 unspecified atom stereocenters. The van der Waals surface area contributed by atoms with E-state index in [-0.39, 0.29) is 17.2 Å². The van der Waals surface area contributed by atoms with Crippen molar-refractivity contribution in [3.05, 3.63) is 39.4 Å². The standard InChI is InChI=1S/C11H10ClN3O2/c1-6-10(14-7(2)16)11(17)15-5-8(12)3-4-9(15)13-6/h3-5H,1-2H3,(H,14,16). The maximum atomic E-state index is 12.1. The van der Waals surface area contributed by atoms with Crippen LogP contribution in [0.15, 0.2) is 23.1 Å². The molecule has 5 nitrogen and oxygen atoms in total. The molecule has 0 radical (unpaired) electrons. The van der Waals surface area contributed by atoms with Gasteiger partial charge in [-0.3, -0.25) is 14.0 Å². The lowest BCUT2D eigenvalue weighted by Gasteiger charge is -2.08. The fourth-order valence-electron chi connectivity index (χ4n) is 1.54. The number of hydrogen-bond acceptors (Lipinski definition) is 3. The highest BCUT2D eigenvalue weighted by Crippen LogP contribution is 2.12. The normalized spacial score (nSPS) is 10.5. The highest BCUT2D eigenvalue weighted by atomic mass is 35.5. The molecule has 0 saturated carbocycles. The van der Waals surface area contributed by atoms with Crippen molar-refractivity contribution in [2.75, 3.05) is 5.32 Å². The number of carbonyl (C=O) groups excluding carboxylic acids is 1. The molecule has 88 valence electrons. The Morgan fingerprint density at radius 3 is 2.82 bits per heavy atom. The maximum Gasteiger partial charge on any atom is 0.281 e. The number of aryl methyl sites for hydroxylation is 1. The zero-order valence-electron chi connectivity index (χ0n) is 9.32. The minimum absolute atomic E-state index is 0.178. The molecule has 0 aliphatic heterocycles. The van der Waals surface area contributed by atoms with Crippen LogP contribution in [0.3, 0.4) is 0 Å². The largest absolute Gasteiger partial charge is 0.320 e. The molecule has 1 amide bonds. The number of fused-ring (bicyclic) bond motifs is 1. The predicted molar refractivity (Wildman–Crippen MR) is 65.5 cm³/mol. The Morgan fingerprint density at radius 1 is 1.47 bits per heavy atom. The molecule has 0 aliphatic rings. The van der Waals surface area contributed by atoms with Crippen LogP contribution in [0.4, 0.5) is 5.69 Å². The van der Waals surface area contributed by atoms with E-state index < -0.39 is 0 Å². The van der Waals surface area contributed by atoms with Crippen molar-refractivity contribution in [1.82, 2.24) is 9.38 Å². The number of carbonyl (C=O) groups is 1. The first-order valence-electron chi connectivity index (χ1n) is 4.95. The van der Waals surface area contributed by atoms with Gasteiger partial charge in [0.05, 0.1) is 10.7 Å². The van der Waals surface area contributed by atoms with E-state index in [0.29, 0.717) is 16.4 Å². The van der Waals surface area contributed by atoms with E-state index in [0.717, 1.165) is 0 Å². The average molecular weight is 252 g/mol. The third kappa shape index (κ3) is 2.14. The topological polar surface area (TPSA) is 63.5 Å². The molecule has 1 N–H and O–H groups in total. The van der Waals surface area contributed by atoms with Crippen molar-refractivity contribution in [3.8, 4) is 0 Å². The molecule has 0 spiro atoms. The van der Waals surface area contributed by atoms with Gasteiger partial charge in [0.15, 0.2) is 0 Å². The molecule has 2 aromatic rings. The van der Waals surface area contributed by atoms with Gasteiger partial charge in [-0.05, 0) is 19.1 Å². The van der Waals surface area contributed by atoms with Crippen LogP contribution in [0.25, 0.3) is 5.65 Å². The zero-order valence-corrected chi connectivity index (χ0v) is 10.1. The number of nitrogens with one attached hydrogen (secondary N) is 1. The third-order valence-electron chi connectivity index (χ3n) is 2.27. The Kier molecular flexibility index (Phi) is 2.85. The van der Waals surface area contributed by atoms with Gasteiger partial charge < -0.3 is 5.32 Å². The first-order valence-corrected chi connectivity index (χ1v) is 5.33. The predicted octanol–water partition coefficient (Wildman–Crippen LogP) is 1.61. The Bertz CT molecular complexity index is 664. The second kappa shape index (κ2) is 4.18. The second-order valence-corrected chi connectivity index (χ2v) is 4.07. The van der Waals surface area contributed by atoms with Crippen LogP contribution in [0.5, 0.6) is 0 Å². The quantitative estimate of drug-likeness (QED) is 0.838. The molecule has 2 heterocycles. The van der Waals surface area contributed by atoms with Crippen LogP contribution in [0, 0.1) is 6.92 Å². The molecule has 0 bridgehead atoms. The van der Waals surface area contributed by atoms with Gasteiger partial charge in [0.1, 0.15) is 11.3 Å². The van der Waals surface area contributed by atoms with Crippen LogP contribution < -0.4 is 10.9 Å². The van der Waals surface area contributed by atoms with E-state index >= 15 is 0 Å². The lowest BCUT2D eigenvalue weighted by atomic mass is 10.3. The maximum absolute atomic E-state index is 12.1. The van der Waals surface area contributed by atoms with Crippen LogP contribution in [0.2, 0.25) is 5.02 Å². The number of anilines is 1. The summed E-state index contributed by atoms with van der Waals surface area (Å²) < 4.78 is 1.31. The summed E-state index contributed by atoms with van der Waals surface area (Å²) in [6.45, 7) is 3.01. The number of pyridine rings is 1. The first-order chi connectivity index (χ1) is 7.99. The van der Waals surface area contributed by atoms with Crippen molar-refractivity contribution in [2.45, 2.75) is 13.8 Å². The summed E-state index contributed by atoms with van der Waals surface area (Å²) in [7, 11) is 0. The van der Waals surface area contributed by atoms with E-state index in [4.69, 9.17) is 11.6 Å². The number of halogens is 1. The van der Waals surface area contributed by atoms with Crippen LogP contribution >= 0.6 is 11.6 Å². The van der Waals surface area contributed by atoms with Gasteiger partial charge in [-0.15, -0.1) is 0 Å². The van der Waals surface area contributed by atoms with Crippen molar-refractivity contribution >= 4 is 28.8 Å². The molecular weight excluding hydrogens is 242 g/mol. The molecular formula is C11H10ClN3O2. The first kappa shape index (κ1) is 11.6. The lowest BCUT2D eigenvalue weighted by molar-refractivity contribution is -0.114. The van der Waals surface area contributed by atoms with E-state index in [9.17, 15) is 9.59 Å². The van der Waals surface area contributed by atoms with Crippen molar-refractivity contribution in [3.63, 3.8) is 0 Å².